The van der Waals surface area contributed by atoms with Gasteiger partial charge in [0.1, 0.15) is 6.17 Å². The third-order valence-corrected chi connectivity index (χ3v) is 5.77. The summed E-state index contributed by atoms with van der Waals surface area (Å²) in [5.74, 6) is -0.381. The molecule has 0 aromatic carbocycles. The van der Waals surface area contributed by atoms with E-state index < -0.39 is 18.3 Å². The molecule has 21 heavy (non-hydrogen) atoms. The molecule has 4 atom stereocenters. The lowest BCUT2D eigenvalue weighted by molar-refractivity contribution is 0.0175. The van der Waals surface area contributed by atoms with Crippen LogP contribution in [0.1, 0.15) is 26.2 Å². The van der Waals surface area contributed by atoms with Crippen LogP contribution in [0.3, 0.4) is 0 Å². The first-order valence-corrected chi connectivity index (χ1v) is 8.99. The van der Waals surface area contributed by atoms with E-state index in [1.165, 1.54) is 0 Å². The van der Waals surface area contributed by atoms with Crippen molar-refractivity contribution in [1.82, 2.24) is 5.12 Å². The lowest BCUT2D eigenvalue weighted by Crippen LogP contribution is -2.43. The van der Waals surface area contributed by atoms with E-state index in [4.69, 9.17) is 23.1 Å². The van der Waals surface area contributed by atoms with Gasteiger partial charge in [0.15, 0.2) is 0 Å². The first-order valence-electron chi connectivity index (χ1n) is 7.09. The van der Waals surface area contributed by atoms with Gasteiger partial charge in [-0.1, -0.05) is 47.2 Å². The normalized spacial score (nSPS) is 31.3. The Morgan fingerprint density at radius 2 is 2.19 bits per heavy atom. The van der Waals surface area contributed by atoms with Crippen LogP contribution in [-0.2, 0) is 0 Å². The molecule has 4 N–H and O–H groups in total. The second kappa shape index (κ2) is 7.10. The number of rotatable bonds is 5. The summed E-state index contributed by atoms with van der Waals surface area (Å²) in [5.41, 5.74) is 12.5. The van der Waals surface area contributed by atoms with E-state index in [1.807, 2.05) is 13.0 Å². The Labute approximate surface area is 142 Å². The summed E-state index contributed by atoms with van der Waals surface area (Å²) in [6.07, 6.45) is 1.23. The Bertz CT molecular complexity index is 456. The number of halogens is 4. The van der Waals surface area contributed by atoms with E-state index in [0.29, 0.717) is 18.5 Å². The van der Waals surface area contributed by atoms with Gasteiger partial charge in [0.05, 0.1) is 12.2 Å². The van der Waals surface area contributed by atoms with Crippen molar-refractivity contribution in [1.29, 1.82) is 0 Å². The van der Waals surface area contributed by atoms with Crippen molar-refractivity contribution in [3.63, 3.8) is 0 Å². The molecule has 0 radical (unpaired) electrons. The van der Waals surface area contributed by atoms with Crippen LogP contribution in [0.4, 0.5) is 8.87 Å². The van der Waals surface area contributed by atoms with Gasteiger partial charge in [-0.3, -0.25) is 0 Å². The Morgan fingerprint density at radius 3 is 2.76 bits per heavy atom. The van der Waals surface area contributed by atoms with E-state index in [0.717, 1.165) is 20.2 Å². The maximum atomic E-state index is 14.4. The smallest absolute Gasteiger partial charge is 0.115 e. The molecule has 3 nitrogen and oxygen atoms in total. The molecule has 0 aromatic heterocycles. The topological polar surface area (TPSA) is 55.3 Å². The van der Waals surface area contributed by atoms with Crippen molar-refractivity contribution in [3.05, 3.63) is 22.4 Å². The minimum Gasteiger partial charge on any atom is -0.315 e. The molecule has 0 fully saturated rings. The number of hydrogen-bond acceptors (Lipinski definition) is 3. The van der Waals surface area contributed by atoms with E-state index >= 15 is 0 Å². The highest BCUT2D eigenvalue weighted by Gasteiger charge is 2.46. The third kappa shape index (κ3) is 3.71. The number of alkyl halides is 2. The summed E-state index contributed by atoms with van der Waals surface area (Å²) >= 11 is 8.20. The predicted molar refractivity (Wildman–Crippen MR) is 90.1 cm³/mol. The van der Waals surface area contributed by atoms with Crippen molar-refractivity contribution < 1.29 is 8.87 Å². The molecular formula is C14H21ClF2IN3. The van der Waals surface area contributed by atoms with Crippen molar-refractivity contribution in [2.75, 3.05) is 4.43 Å². The van der Waals surface area contributed by atoms with Crippen LogP contribution < -0.4 is 11.5 Å². The van der Waals surface area contributed by atoms with Crippen LogP contribution in [0.15, 0.2) is 22.4 Å². The van der Waals surface area contributed by atoms with Crippen molar-refractivity contribution in [2.45, 2.75) is 44.6 Å². The van der Waals surface area contributed by atoms with Crippen LogP contribution in [0.2, 0.25) is 0 Å². The molecule has 1 aliphatic heterocycles. The van der Waals surface area contributed by atoms with E-state index in [-0.39, 0.29) is 18.4 Å². The highest BCUT2D eigenvalue weighted by Crippen LogP contribution is 2.46. The van der Waals surface area contributed by atoms with E-state index in [9.17, 15) is 8.87 Å². The molecule has 0 aromatic rings. The van der Waals surface area contributed by atoms with Gasteiger partial charge < -0.3 is 11.5 Å². The summed E-state index contributed by atoms with van der Waals surface area (Å²) in [6, 6.07) is -0.270. The SMILES string of the molecule is C[C@H](/C=C(/Cl)CI)CC1CC2=C(C[C@@H](F)[C@H]2C(N)N)N1F. The Balaban J connectivity index is 2.03. The minimum atomic E-state index is -1.17. The van der Waals surface area contributed by atoms with Gasteiger partial charge in [0.25, 0.3) is 0 Å². The predicted octanol–water partition coefficient (Wildman–Crippen LogP) is 3.38. The van der Waals surface area contributed by atoms with Gasteiger partial charge in [-0.2, -0.15) is 0 Å². The second-order valence-electron chi connectivity index (χ2n) is 5.92. The summed E-state index contributed by atoms with van der Waals surface area (Å²) < 4.78 is 29.1. The van der Waals surface area contributed by atoms with E-state index in [2.05, 4.69) is 22.6 Å². The molecule has 120 valence electrons. The number of nitrogens with two attached hydrogens (primary N) is 2. The van der Waals surface area contributed by atoms with Crippen molar-refractivity contribution in [2.24, 2.45) is 23.3 Å². The minimum absolute atomic E-state index is 0.0800. The average molecular weight is 432 g/mol. The Kier molecular flexibility index (Phi) is 5.90. The maximum Gasteiger partial charge on any atom is 0.115 e. The zero-order valence-corrected chi connectivity index (χ0v) is 14.8. The standard InChI is InChI=1S/C14H21ClF2IN3/c1-7(2-8(15)6-18)3-9-4-10-12(21(9)17)5-11(16)13(10)14(19)20/h2,7,9,11,13-14H,3-6,19-20H2,1H3/b8-2+/t7-,9?,11-,13+/m1/s1. The first-order chi connectivity index (χ1) is 9.85. The van der Waals surface area contributed by atoms with Crippen LogP contribution in [0, 0.1) is 11.8 Å². The zero-order chi connectivity index (χ0) is 15.7. The summed E-state index contributed by atoms with van der Waals surface area (Å²) in [6.45, 7) is 2.01. The fourth-order valence-electron chi connectivity index (χ4n) is 3.39. The monoisotopic (exact) mass is 431 g/mol. The highest BCUT2D eigenvalue weighted by molar-refractivity contribution is 14.1. The first kappa shape index (κ1) is 17.4. The number of nitrogens with zero attached hydrogens (tertiary/aromatic N) is 1. The molecule has 7 heteroatoms. The van der Waals surface area contributed by atoms with Crippen LogP contribution in [-0.4, -0.2) is 27.9 Å². The largest absolute Gasteiger partial charge is 0.315 e. The number of hydrogen-bond donors (Lipinski definition) is 2. The Morgan fingerprint density at radius 1 is 1.52 bits per heavy atom. The molecule has 2 aliphatic rings. The summed E-state index contributed by atoms with van der Waals surface area (Å²) in [7, 11) is 0. The second-order valence-corrected chi connectivity index (χ2v) is 7.17. The van der Waals surface area contributed by atoms with E-state index in [1.54, 1.807) is 0 Å². The molecule has 2 rings (SSSR count). The molecule has 0 saturated heterocycles. The maximum absolute atomic E-state index is 14.4. The lowest BCUT2D eigenvalue weighted by Gasteiger charge is -2.25. The van der Waals surface area contributed by atoms with Crippen LogP contribution >= 0.6 is 34.2 Å². The van der Waals surface area contributed by atoms with Crippen LogP contribution in [0.5, 0.6) is 0 Å². The molecule has 1 aliphatic carbocycles. The zero-order valence-electron chi connectivity index (χ0n) is 11.9. The third-order valence-electron chi connectivity index (χ3n) is 4.24. The molecule has 0 spiro atoms. The van der Waals surface area contributed by atoms with Gasteiger partial charge in [-0.15, -0.1) is 4.48 Å². The molecule has 1 unspecified atom stereocenters. The van der Waals surface area contributed by atoms with Crippen LogP contribution in [0.25, 0.3) is 0 Å². The quantitative estimate of drug-likeness (QED) is 0.304. The lowest BCUT2D eigenvalue weighted by atomic mass is 9.90. The molecular weight excluding hydrogens is 411 g/mol. The number of allylic oxidation sites excluding steroid dienone is 3. The molecule has 1 heterocycles. The van der Waals surface area contributed by atoms with Gasteiger partial charge >= 0.3 is 0 Å². The van der Waals surface area contributed by atoms with Crippen molar-refractivity contribution >= 4 is 34.2 Å². The summed E-state index contributed by atoms with van der Waals surface area (Å²) in [4.78, 5) is 0. The van der Waals surface area contributed by atoms with Gasteiger partial charge in [-0.25, -0.2) is 9.51 Å². The highest BCUT2D eigenvalue weighted by atomic mass is 127. The molecule has 0 amide bonds. The molecule has 0 saturated carbocycles. The van der Waals surface area contributed by atoms with Gasteiger partial charge in [0, 0.05) is 27.5 Å². The van der Waals surface area contributed by atoms with Gasteiger partial charge in [0.2, 0.25) is 0 Å². The van der Waals surface area contributed by atoms with Gasteiger partial charge in [-0.05, 0) is 24.3 Å². The summed E-state index contributed by atoms with van der Waals surface area (Å²) in [5, 5.41) is 1.50. The fraction of sp³-hybridized carbons (Fsp3) is 0.714. The fourth-order valence-corrected chi connectivity index (χ4v) is 3.86. The average Bonchev–Trinajstić information content (AvgIpc) is 2.86. The molecule has 0 bridgehead atoms. The Hall–Kier alpha value is 0.0800. The van der Waals surface area contributed by atoms with Crippen molar-refractivity contribution in [3.8, 4) is 0 Å².